The number of nitro groups is 2. The maximum absolute atomic E-state index is 11.5. The highest BCUT2D eigenvalue weighted by molar-refractivity contribution is 5.19. The molecule has 2 atom stereocenters. The topological polar surface area (TPSA) is 150 Å². The van der Waals surface area contributed by atoms with Crippen LogP contribution in [0.4, 0.5) is 0 Å². The van der Waals surface area contributed by atoms with E-state index in [2.05, 4.69) is 0 Å². The lowest BCUT2D eigenvalue weighted by atomic mass is 9.71. The van der Waals surface area contributed by atoms with Crippen LogP contribution in [-0.2, 0) is 0 Å². The van der Waals surface area contributed by atoms with Crippen LogP contribution in [0.15, 0.2) is 12.2 Å². The van der Waals surface area contributed by atoms with Gasteiger partial charge in [0, 0.05) is 16.3 Å². The number of hydrogen-bond acceptors (Lipinski definition) is 8. The largest absolute Gasteiger partial charge is 0.394 e. The average molecular weight is 317 g/mol. The fourth-order valence-electron chi connectivity index (χ4n) is 3.33. The highest BCUT2D eigenvalue weighted by atomic mass is 16.6. The van der Waals surface area contributed by atoms with Crippen LogP contribution in [0.2, 0.25) is 0 Å². The number of hydrogen-bond donors (Lipinski definition) is 3. The summed E-state index contributed by atoms with van der Waals surface area (Å²) in [6.07, 6.45) is 2.58. The van der Waals surface area contributed by atoms with Crippen LogP contribution in [0.25, 0.3) is 0 Å². The molecule has 1 aliphatic carbocycles. The molecule has 124 valence electrons. The van der Waals surface area contributed by atoms with Gasteiger partial charge in [-0.1, -0.05) is 6.08 Å². The Balaban J connectivity index is 2.50. The minimum Gasteiger partial charge on any atom is -0.394 e. The Kier molecular flexibility index (Phi) is 4.22. The Bertz CT molecular complexity index is 499. The SMILES string of the molecule is O=[N+]([O-])C12C=CCC([N+](=O)[O-])(CN(C(CO)(CO)CO)C1)C2. The van der Waals surface area contributed by atoms with Crippen LogP contribution in [-0.4, -0.2) is 79.6 Å². The molecular weight excluding hydrogens is 298 g/mol. The molecular formula is C12H19N3O7. The average Bonchev–Trinajstić information content (AvgIpc) is 2.49. The summed E-state index contributed by atoms with van der Waals surface area (Å²) in [5.41, 5.74) is -4.76. The minimum atomic E-state index is -1.66. The number of rotatable bonds is 6. The molecule has 1 fully saturated rings. The van der Waals surface area contributed by atoms with Crippen LogP contribution in [0.1, 0.15) is 12.8 Å². The normalized spacial score (nSPS) is 32.0. The Morgan fingerprint density at radius 1 is 1.09 bits per heavy atom. The van der Waals surface area contributed by atoms with Gasteiger partial charge in [-0.2, -0.15) is 0 Å². The molecule has 0 aromatic carbocycles. The second-order valence-electron chi connectivity index (χ2n) is 6.18. The molecule has 2 rings (SSSR count). The first-order valence-corrected chi connectivity index (χ1v) is 6.84. The number of nitrogens with zero attached hydrogens (tertiary/aromatic N) is 3. The third-order valence-electron chi connectivity index (χ3n) is 4.82. The van der Waals surface area contributed by atoms with E-state index < -0.39 is 46.3 Å². The Hall–Kier alpha value is -1.62. The number of piperidine rings is 1. The zero-order chi connectivity index (χ0) is 16.6. The van der Waals surface area contributed by atoms with Crippen LogP contribution >= 0.6 is 0 Å². The van der Waals surface area contributed by atoms with E-state index in [4.69, 9.17) is 0 Å². The molecule has 0 spiro atoms. The van der Waals surface area contributed by atoms with Gasteiger partial charge >= 0.3 is 0 Å². The first-order chi connectivity index (χ1) is 10.3. The molecule has 0 aromatic heterocycles. The van der Waals surface area contributed by atoms with E-state index in [0.717, 1.165) is 0 Å². The first-order valence-electron chi connectivity index (χ1n) is 6.84. The quantitative estimate of drug-likeness (QED) is 0.301. The predicted octanol–water partition coefficient (Wildman–Crippen LogP) is -1.60. The minimum absolute atomic E-state index is 0.0322. The van der Waals surface area contributed by atoms with Crippen molar-refractivity contribution in [2.75, 3.05) is 32.9 Å². The summed E-state index contributed by atoms with van der Waals surface area (Å²) >= 11 is 0. The van der Waals surface area contributed by atoms with E-state index in [1.807, 2.05) is 0 Å². The van der Waals surface area contributed by atoms with Crippen molar-refractivity contribution in [3.63, 3.8) is 0 Å². The third kappa shape index (κ3) is 2.28. The monoisotopic (exact) mass is 317 g/mol. The lowest BCUT2D eigenvalue weighted by molar-refractivity contribution is -0.621. The fourth-order valence-corrected chi connectivity index (χ4v) is 3.33. The third-order valence-corrected chi connectivity index (χ3v) is 4.82. The van der Waals surface area contributed by atoms with Gasteiger partial charge in [0.2, 0.25) is 5.54 Å². The molecule has 10 nitrogen and oxygen atoms in total. The van der Waals surface area contributed by atoms with Crippen molar-refractivity contribution in [2.24, 2.45) is 0 Å². The Labute approximate surface area is 126 Å². The molecule has 3 N–H and O–H groups in total. The van der Waals surface area contributed by atoms with Gasteiger partial charge in [-0.15, -0.1) is 0 Å². The molecule has 0 radical (unpaired) electrons. The number of aliphatic hydroxyl groups is 3. The van der Waals surface area contributed by atoms with E-state index in [1.54, 1.807) is 0 Å². The van der Waals surface area contributed by atoms with Crippen LogP contribution in [0.3, 0.4) is 0 Å². The van der Waals surface area contributed by atoms with E-state index in [1.165, 1.54) is 17.1 Å². The summed E-state index contributed by atoms with van der Waals surface area (Å²) in [7, 11) is 0. The molecule has 2 aliphatic rings. The molecule has 0 amide bonds. The van der Waals surface area contributed by atoms with E-state index in [9.17, 15) is 35.5 Å². The zero-order valence-corrected chi connectivity index (χ0v) is 11.9. The van der Waals surface area contributed by atoms with Gasteiger partial charge in [-0.05, 0) is 6.08 Å². The first kappa shape index (κ1) is 16.7. The standard InChI is InChI=1S/C12H19N3O7/c16-7-12(8-17,9-18)13-5-10(14(19)20)2-1-3-11(4-10,6-13)15(21)22/h1-2,16-18H,3-9H2. The molecule has 1 aliphatic heterocycles. The van der Waals surface area contributed by atoms with Gasteiger partial charge in [-0.3, -0.25) is 25.1 Å². The summed E-state index contributed by atoms with van der Waals surface area (Å²) < 4.78 is 0. The summed E-state index contributed by atoms with van der Waals surface area (Å²) in [4.78, 5) is 23.2. The van der Waals surface area contributed by atoms with E-state index in [-0.39, 0.29) is 25.9 Å². The molecule has 2 bridgehead atoms. The second-order valence-corrected chi connectivity index (χ2v) is 6.18. The van der Waals surface area contributed by atoms with Crippen LogP contribution in [0, 0.1) is 20.2 Å². The molecule has 0 aromatic rings. The predicted molar refractivity (Wildman–Crippen MR) is 73.4 cm³/mol. The molecule has 0 saturated carbocycles. The molecule has 10 heteroatoms. The van der Waals surface area contributed by atoms with E-state index in [0.29, 0.717) is 0 Å². The molecule has 1 saturated heterocycles. The second kappa shape index (κ2) is 5.54. The Morgan fingerprint density at radius 3 is 2.14 bits per heavy atom. The highest BCUT2D eigenvalue weighted by Crippen LogP contribution is 2.42. The zero-order valence-electron chi connectivity index (χ0n) is 11.9. The summed E-state index contributed by atoms with van der Waals surface area (Å²) in [5, 5.41) is 51.6. The van der Waals surface area contributed by atoms with Gasteiger partial charge in [0.15, 0.2) is 0 Å². The van der Waals surface area contributed by atoms with Crippen LogP contribution < -0.4 is 0 Å². The van der Waals surface area contributed by atoms with Gasteiger partial charge in [-0.25, -0.2) is 0 Å². The van der Waals surface area contributed by atoms with Crippen molar-refractivity contribution in [1.29, 1.82) is 0 Å². The van der Waals surface area contributed by atoms with Crippen molar-refractivity contribution in [3.8, 4) is 0 Å². The lowest BCUT2D eigenvalue weighted by Crippen LogP contribution is -2.72. The van der Waals surface area contributed by atoms with E-state index >= 15 is 0 Å². The number of fused-ring (bicyclic) bond motifs is 2. The van der Waals surface area contributed by atoms with Gasteiger partial charge in [0.25, 0.3) is 5.54 Å². The number of aliphatic hydroxyl groups excluding tert-OH is 3. The Morgan fingerprint density at radius 2 is 1.68 bits per heavy atom. The van der Waals surface area contributed by atoms with Crippen molar-refractivity contribution in [3.05, 3.63) is 32.4 Å². The smallest absolute Gasteiger partial charge is 0.259 e. The van der Waals surface area contributed by atoms with Crippen LogP contribution in [0.5, 0.6) is 0 Å². The molecule has 1 heterocycles. The van der Waals surface area contributed by atoms with Crippen molar-refractivity contribution in [2.45, 2.75) is 29.5 Å². The maximum atomic E-state index is 11.5. The summed E-state index contributed by atoms with van der Waals surface area (Å²) in [5.74, 6) is 0. The highest BCUT2D eigenvalue weighted by Gasteiger charge is 2.64. The lowest BCUT2D eigenvalue weighted by Gasteiger charge is -2.50. The van der Waals surface area contributed by atoms with Crippen molar-refractivity contribution < 1.29 is 25.2 Å². The van der Waals surface area contributed by atoms with Gasteiger partial charge < -0.3 is 15.3 Å². The fraction of sp³-hybridized carbons (Fsp3) is 0.833. The summed E-state index contributed by atoms with van der Waals surface area (Å²) in [6.45, 7) is -2.38. The molecule has 2 unspecified atom stereocenters. The van der Waals surface area contributed by atoms with Gasteiger partial charge in [0.1, 0.15) is 0 Å². The molecule has 22 heavy (non-hydrogen) atoms. The summed E-state index contributed by atoms with van der Waals surface area (Å²) in [6, 6.07) is 0. The van der Waals surface area contributed by atoms with Crippen molar-refractivity contribution >= 4 is 0 Å². The maximum Gasteiger partial charge on any atom is 0.259 e. The van der Waals surface area contributed by atoms with Gasteiger partial charge in [0.05, 0.1) is 44.9 Å². The number of likely N-dealkylation sites (tertiary alicyclic amines) is 1. The van der Waals surface area contributed by atoms with Crippen molar-refractivity contribution in [1.82, 2.24) is 4.90 Å².